The zero-order valence-corrected chi connectivity index (χ0v) is 20.0. The molecule has 2 aromatic carbocycles. The van der Waals surface area contributed by atoms with Gasteiger partial charge in [0.2, 0.25) is 0 Å². The molecule has 0 fully saturated rings. The molecular weight excluding hydrogens is 404 g/mol. The molecule has 5 heteroatoms. The highest BCUT2D eigenvalue weighted by atomic mass is 16.7. The molecule has 0 aliphatic carbocycles. The molecule has 0 bridgehead atoms. The van der Waals surface area contributed by atoms with Gasteiger partial charge in [-0.25, -0.2) is 4.79 Å². The Morgan fingerprint density at radius 1 is 0.906 bits per heavy atom. The number of rotatable bonds is 11. The monoisotopic (exact) mass is 442 g/mol. The van der Waals surface area contributed by atoms with Gasteiger partial charge in [0.05, 0.1) is 6.61 Å². The topological polar surface area (TPSA) is 65.0 Å². The van der Waals surface area contributed by atoms with Crippen molar-refractivity contribution in [2.24, 2.45) is 0 Å². The summed E-state index contributed by atoms with van der Waals surface area (Å²) in [5.41, 5.74) is 2.60. The van der Waals surface area contributed by atoms with Crippen molar-refractivity contribution in [2.75, 3.05) is 13.2 Å². The van der Waals surface area contributed by atoms with Gasteiger partial charge in [0, 0.05) is 6.08 Å². The smallest absolute Gasteiger partial charge is 0.330 e. The maximum Gasteiger partial charge on any atom is 0.330 e. The molecule has 32 heavy (non-hydrogen) atoms. The first kappa shape index (κ1) is 27.2. The van der Waals surface area contributed by atoms with Crippen molar-refractivity contribution in [1.29, 1.82) is 0 Å². The normalized spacial score (nSPS) is 13.2. The SMILES string of the molecule is C=CC(=O)OCCOC(C)Oc1ccc(C(C)CC)cc1.CCC(C)c1ccc(O)cc1. The first-order valence-corrected chi connectivity index (χ1v) is 11.3. The Bertz CT molecular complexity index is 783. The molecule has 2 aromatic rings. The van der Waals surface area contributed by atoms with Crippen molar-refractivity contribution in [3.8, 4) is 11.5 Å². The number of phenolic OH excluding ortho intramolecular Hbond substituents is 1. The van der Waals surface area contributed by atoms with Crippen LogP contribution in [-0.4, -0.2) is 30.6 Å². The van der Waals surface area contributed by atoms with Gasteiger partial charge in [0.25, 0.3) is 0 Å². The summed E-state index contributed by atoms with van der Waals surface area (Å²) in [4.78, 5) is 10.8. The average molecular weight is 443 g/mol. The standard InChI is InChI=1S/C17H24O4.C10H14O/c1-5-13(3)15-7-9-16(10-8-15)21-14(4)19-11-12-20-17(18)6-2;1-3-8(2)9-4-6-10(11)7-5-9/h6-10,13-14H,2,5,11-12H2,1,3-4H3;4-8,11H,3H2,1-2H3. The van der Waals surface area contributed by atoms with Gasteiger partial charge in [-0.2, -0.15) is 0 Å². The van der Waals surface area contributed by atoms with E-state index in [4.69, 9.17) is 19.3 Å². The summed E-state index contributed by atoms with van der Waals surface area (Å²) in [6.45, 7) is 14.3. The summed E-state index contributed by atoms with van der Waals surface area (Å²) in [5.74, 6) is 1.80. The zero-order valence-electron chi connectivity index (χ0n) is 20.0. The second-order valence-corrected chi connectivity index (χ2v) is 7.71. The van der Waals surface area contributed by atoms with Crippen LogP contribution in [-0.2, 0) is 14.3 Å². The van der Waals surface area contributed by atoms with Crippen LogP contribution in [0.25, 0.3) is 0 Å². The lowest BCUT2D eigenvalue weighted by atomic mass is 9.99. The van der Waals surface area contributed by atoms with E-state index in [0.717, 1.165) is 24.7 Å². The molecule has 1 N–H and O–H groups in total. The minimum atomic E-state index is -0.451. The number of hydrogen-bond acceptors (Lipinski definition) is 5. The Labute approximate surface area is 193 Å². The Balaban J connectivity index is 0.000000389. The van der Waals surface area contributed by atoms with E-state index < -0.39 is 12.3 Å². The number of hydrogen-bond donors (Lipinski definition) is 1. The Morgan fingerprint density at radius 3 is 1.88 bits per heavy atom. The first-order chi connectivity index (χ1) is 15.3. The van der Waals surface area contributed by atoms with Crippen LogP contribution in [0, 0.1) is 0 Å². The zero-order chi connectivity index (χ0) is 23.9. The largest absolute Gasteiger partial charge is 0.508 e. The van der Waals surface area contributed by atoms with Gasteiger partial charge in [-0.3, -0.25) is 0 Å². The van der Waals surface area contributed by atoms with Crippen LogP contribution < -0.4 is 4.74 Å². The number of aromatic hydroxyl groups is 1. The van der Waals surface area contributed by atoms with Gasteiger partial charge in [0.15, 0.2) is 6.29 Å². The van der Waals surface area contributed by atoms with Crippen molar-refractivity contribution in [1.82, 2.24) is 0 Å². The molecule has 0 amide bonds. The summed E-state index contributed by atoms with van der Waals surface area (Å²) in [7, 11) is 0. The van der Waals surface area contributed by atoms with E-state index in [9.17, 15) is 4.79 Å². The number of esters is 1. The van der Waals surface area contributed by atoms with E-state index in [1.807, 2.05) is 24.3 Å². The third-order valence-electron chi connectivity index (χ3n) is 5.28. The van der Waals surface area contributed by atoms with E-state index in [1.165, 1.54) is 11.1 Å². The summed E-state index contributed by atoms with van der Waals surface area (Å²) < 4.78 is 15.8. The van der Waals surface area contributed by atoms with Crippen LogP contribution in [0.1, 0.15) is 70.4 Å². The van der Waals surface area contributed by atoms with Gasteiger partial charge in [-0.05, 0) is 67.0 Å². The van der Waals surface area contributed by atoms with Gasteiger partial charge in [0.1, 0.15) is 18.1 Å². The van der Waals surface area contributed by atoms with Crippen molar-refractivity contribution in [2.45, 2.75) is 65.6 Å². The minimum Gasteiger partial charge on any atom is -0.508 e. The molecular formula is C27H38O5. The van der Waals surface area contributed by atoms with Gasteiger partial charge >= 0.3 is 5.97 Å². The summed E-state index contributed by atoms with van der Waals surface area (Å²) in [5, 5.41) is 9.01. The molecule has 0 saturated heterocycles. The lowest BCUT2D eigenvalue weighted by molar-refractivity contribution is -0.142. The van der Waals surface area contributed by atoms with Gasteiger partial charge in [-0.15, -0.1) is 0 Å². The van der Waals surface area contributed by atoms with Crippen LogP contribution in [0.3, 0.4) is 0 Å². The predicted molar refractivity (Wildman–Crippen MR) is 129 cm³/mol. The summed E-state index contributed by atoms with van der Waals surface area (Å²) in [6.07, 6.45) is 2.98. The van der Waals surface area contributed by atoms with Crippen LogP contribution in [0.2, 0.25) is 0 Å². The quantitative estimate of drug-likeness (QED) is 0.184. The highest BCUT2D eigenvalue weighted by molar-refractivity contribution is 5.81. The third-order valence-corrected chi connectivity index (χ3v) is 5.28. The molecule has 5 nitrogen and oxygen atoms in total. The molecule has 0 aromatic heterocycles. The molecule has 3 atom stereocenters. The molecule has 0 aliphatic heterocycles. The second kappa shape index (κ2) is 15.1. The number of ether oxygens (including phenoxy) is 3. The maximum atomic E-state index is 10.8. The van der Waals surface area contributed by atoms with E-state index in [1.54, 1.807) is 19.1 Å². The second-order valence-electron chi connectivity index (χ2n) is 7.71. The van der Waals surface area contributed by atoms with E-state index in [0.29, 0.717) is 17.6 Å². The lowest BCUT2D eigenvalue weighted by Gasteiger charge is -2.16. The molecule has 0 spiro atoms. The van der Waals surface area contributed by atoms with E-state index in [-0.39, 0.29) is 13.2 Å². The fourth-order valence-corrected chi connectivity index (χ4v) is 2.79. The highest BCUT2D eigenvalue weighted by Gasteiger charge is 2.07. The van der Waals surface area contributed by atoms with Crippen molar-refractivity contribution in [3.63, 3.8) is 0 Å². The fraction of sp³-hybridized carbons (Fsp3) is 0.444. The fourth-order valence-electron chi connectivity index (χ4n) is 2.79. The van der Waals surface area contributed by atoms with E-state index >= 15 is 0 Å². The summed E-state index contributed by atoms with van der Waals surface area (Å²) >= 11 is 0. The van der Waals surface area contributed by atoms with Gasteiger partial charge < -0.3 is 19.3 Å². The average Bonchev–Trinajstić information content (AvgIpc) is 2.82. The predicted octanol–water partition coefficient (Wildman–Crippen LogP) is 6.58. The first-order valence-electron chi connectivity index (χ1n) is 11.3. The maximum absolute atomic E-state index is 10.8. The molecule has 176 valence electrons. The number of phenols is 1. The Hall–Kier alpha value is -2.79. The van der Waals surface area contributed by atoms with Crippen LogP contribution in [0.5, 0.6) is 11.5 Å². The van der Waals surface area contributed by atoms with Crippen LogP contribution in [0.15, 0.2) is 61.2 Å². The molecule has 0 heterocycles. The summed E-state index contributed by atoms with van der Waals surface area (Å²) in [6, 6.07) is 15.5. The number of carbonyl (C=O) groups is 1. The molecule has 3 unspecified atom stereocenters. The van der Waals surface area contributed by atoms with Gasteiger partial charge in [-0.1, -0.05) is 58.5 Å². The van der Waals surface area contributed by atoms with Crippen LogP contribution >= 0.6 is 0 Å². The van der Waals surface area contributed by atoms with Crippen LogP contribution in [0.4, 0.5) is 0 Å². The highest BCUT2D eigenvalue weighted by Crippen LogP contribution is 2.22. The molecule has 0 saturated carbocycles. The van der Waals surface area contributed by atoms with Crippen molar-refractivity contribution in [3.05, 3.63) is 72.3 Å². The minimum absolute atomic E-state index is 0.186. The van der Waals surface area contributed by atoms with Crippen molar-refractivity contribution >= 4 is 5.97 Å². The van der Waals surface area contributed by atoms with Crippen molar-refractivity contribution < 1.29 is 24.1 Å². The molecule has 0 radical (unpaired) electrons. The molecule has 0 aliphatic rings. The Morgan fingerprint density at radius 2 is 1.41 bits per heavy atom. The molecule has 2 rings (SSSR count). The third kappa shape index (κ3) is 10.5. The Kier molecular flexibility index (Phi) is 12.8. The number of benzene rings is 2. The van der Waals surface area contributed by atoms with E-state index in [2.05, 4.69) is 46.4 Å². The number of carbonyl (C=O) groups excluding carboxylic acids is 1. The lowest BCUT2D eigenvalue weighted by Crippen LogP contribution is -2.19.